The summed E-state index contributed by atoms with van der Waals surface area (Å²) in [6.45, 7) is 1.83. The second-order valence-corrected chi connectivity index (χ2v) is 5.45. The SMILES string of the molecule is COc1cc(C(=O)O[C@H](C)c2ccccc2)cc(OC)c1Br. The van der Waals surface area contributed by atoms with Crippen LogP contribution in [-0.2, 0) is 4.74 Å². The van der Waals surface area contributed by atoms with Gasteiger partial charge in [0, 0.05) is 0 Å². The summed E-state index contributed by atoms with van der Waals surface area (Å²) in [6.07, 6.45) is -0.339. The molecule has 0 unspecified atom stereocenters. The molecule has 0 spiro atoms. The summed E-state index contributed by atoms with van der Waals surface area (Å²) in [6, 6.07) is 12.8. The molecule has 0 saturated carbocycles. The summed E-state index contributed by atoms with van der Waals surface area (Å²) in [5, 5.41) is 0. The van der Waals surface area contributed by atoms with E-state index in [9.17, 15) is 4.79 Å². The number of benzene rings is 2. The van der Waals surface area contributed by atoms with Crippen molar-refractivity contribution >= 4 is 21.9 Å². The average molecular weight is 365 g/mol. The Balaban J connectivity index is 2.22. The molecule has 2 rings (SSSR count). The van der Waals surface area contributed by atoms with Crippen LogP contribution in [0.2, 0.25) is 0 Å². The first-order valence-corrected chi connectivity index (χ1v) is 7.53. The first kappa shape index (κ1) is 16.4. The van der Waals surface area contributed by atoms with Gasteiger partial charge in [0.1, 0.15) is 22.1 Å². The Morgan fingerprint density at radius 1 is 1.05 bits per heavy atom. The molecule has 0 aromatic heterocycles. The van der Waals surface area contributed by atoms with Crippen molar-refractivity contribution in [2.75, 3.05) is 14.2 Å². The molecule has 2 aromatic rings. The highest BCUT2D eigenvalue weighted by molar-refractivity contribution is 9.10. The van der Waals surface area contributed by atoms with Crippen LogP contribution in [-0.4, -0.2) is 20.2 Å². The molecule has 0 saturated heterocycles. The van der Waals surface area contributed by atoms with Crippen LogP contribution in [0.4, 0.5) is 0 Å². The lowest BCUT2D eigenvalue weighted by atomic mass is 10.1. The molecule has 0 fully saturated rings. The number of rotatable bonds is 5. The molecular formula is C17H17BrO4. The Morgan fingerprint density at radius 2 is 1.59 bits per heavy atom. The number of carbonyl (C=O) groups is 1. The lowest BCUT2D eigenvalue weighted by molar-refractivity contribution is 0.0337. The summed E-state index contributed by atoms with van der Waals surface area (Å²) in [4.78, 5) is 12.3. The largest absolute Gasteiger partial charge is 0.495 e. The van der Waals surface area contributed by atoms with Gasteiger partial charge in [0.25, 0.3) is 0 Å². The molecule has 0 aliphatic heterocycles. The molecule has 0 aliphatic carbocycles. The van der Waals surface area contributed by atoms with E-state index in [0.29, 0.717) is 21.5 Å². The highest BCUT2D eigenvalue weighted by Gasteiger charge is 2.18. The van der Waals surface area contributed by atoms with Crippen LogP contribution in [0, 0.1) is 0 Å². The molecule has 5 heteroatoms. The number of hydrogen-bond acceptors (Lipinski definition) is 4. The van der Waals surface area contributed by atoms with E-state index < -0.39 is 5.97 Å². The minimum Gasteiger partial charge on any atom is -0.495 e. The van der Waals surface area contributed by atoms with Crippen LogP contribution in [0.5, 0.6) is 11.5 Å². The van der Waals surface area contributed by atoms with Gasteiger partial charge >= 0.3 is 5.97 Å². The van der Waals surface area contributed by atoms with Crippen molar-refractivity contribution < 1.29 is 19.0 Å². The van der Waals surface area contributed by atoms with Gasteiger partial charge in [0.15, 0.2) is 0 Å². The third-order valence-electron chi connectivity index (χ3n) is 3.23. The Kier molecular flexibility index (Phi) is 5.44. The standard InChI is InChI=1S/C17H17BrO4/c1-11(12-7-5-4-6-8-12)22-17(19)13-9-14(20-2)16(18)15(10-13)21-3/h4-11H,1-3H3/t11-/m1/s1. The van der Waals surface area contributed by atoms with Crippen LogP contribution in [0.3, 0.4) is 0 Å². The summed E-state index contributed by atoms with van der Waals surface area (Å²) < 4.78 is 16.6. The van der Waals surface area contributed by atoms with Crippen molar-refractivity contribution in [1.82, 2.24) is 0 Å². The van der Waals surface area contributed by atoms with Gasteiger partial charge in [-0.2, -0.15) is 0 Å². The van der Waals surface area contributed by atoms with Gasteiger partial charge in [0.2, 0.25) is 0 Å². The molecule has 0 heterocycles. The molecule has 0 aliphatic rings. The van der Waals surface area contributed by atoms with Crippen molar-refractivity contribution in [3.63, 3.8) is 0 Å². The average Bonchev–Trinajstić information content (AvgIpc) is 2.55. The minimum atomic E-state index is -0.430. The summed E-state index contributed by atoms with van der Waals surface area (Å²) in [5.41, 5.74) is 1.31. The third-order valence-corrected chi connectivity index (χ3v) is 4.02. The normalized spacial score (nSPS) is 11.6. The van der Waals surface area contributed by atoms with Crippen molar-refractivity contribution in [3.8, 4) is 11.5 Å². The minimum absolute atomic E-state index is 0.339. The number of esters is 1. The van der Waals surface area contributed by atoms with Crippen molar-refractivity contribution in [2.24, 2.45) is 0 Å². The predicted octanol–water partition coefficient (Wildman–Crippen LogP) is 4.38. The molecule has 116 valence electrons. The number of hydrogen-bond donors (Lipinski definition) is 0. The monoisotopic (exact) mass is 364 g/mol. The fraction of sp³-hybridized carbons (Fsp3) is 0.235. The number of carbonyl (C=O) groups excluding carboxylic acids is 1. The second kappa shape index (κ2) is 7.31. The highest BCUT2D eigenvalue weighted by Crippen LogP contribution is 2.36. The van der Waals surface area contributed by atoms with E-state index in [2.05, 4.69) is 15.9 Å². The second-order valence-electron chi connectivity index (χ2n) is 4.65. The van der Waals surface area contributed by atoms with Crippen LogP contribution in [0.15, 0.2) is 46.9 Å². The molecule has 0 bridgehead atoms. The zero-order chi connectivity index (χ0) is 16.1. The van der Waals surface area contributed by atoms with E-state index >= 15 is 0 Å². The maximum Gasteiger partial charge on any atom is 0.339 e. The molecule has 0 N–H and O–H groups in total. The molecule has 0 radical (unpaired) electrons. The molecular weight excluding hydrogens is 348 g/mol. The van der Waals surface area contributed by atoms with Gasteiger partial charge in [-0.15, -0.1) is 0 Å². The van der Waals surface area contributed by atoms with Crippen molar-refractivity contribution in [1.29, 1.82) is 0 Å². The smallest absolute Gasteiger partial charge is 0.339 e. The molecule has 4 nitrogen and oxygen atoms in total. The van der Waals surface area contributed by atoms with E-state index in [1.807, 2.05) is 37.3 Å². The lowest BCUT2D eigenvalue weighted by Gasteiger charge is -2.15. The van der Waals surface area contributed by atoms with E-state index in [0.717, 1.165) is 5.56 Å². The number of ether oxygens (including phenoxy) is 3. The first-order chi connectivity index (χ1) is 10.6. The van der Waals surface area contributed by atoms with Crippen LogP contribution < -0.4 is 9.47 Å². The maximum atomic E-state index is 12.3. The molecule has 2 aromatic carbocycles. The summed E-state index contributed by atoms with van der Waals surface area (Å²) in [7, 11) is 3.06. The fourth-order valence-electron chi connectivity index (χ4n) is 2.01. The fourth-order valence-corrected chi connectivity index (χ4v) is 2.56. The van der Waals surface area contributed by atoms with Crippen molar-refractivity contribution in [2.45, 2.75) is 13.0 Å². The van der Waals surface area contributed by atoms with Gasteiger partial charge in [0.05, 0.1) is 19.8 Å². The summed E-state index contributed by atoms with van der Waals surface area (Å²) >= 11 is 3.37. The molecule has 22 heavy (non-hydrogen) atoms. The Labute approximate surface area is 138 Å². The van der Waals surface area contributed by atoms with Gasteiger partial charge in [-0.3, -0.25) is 0 Å². The van der Waals surface area contributed by atoms with E-state index in [-0.39, 0.29) is 6.10 Å². The maximum absolute atomic E-state index is 12.3. The van der Waals surface area contributed by atoms with Crippen LogP contribution in [0.1, 0.15) is 28.9 Å². The molecule has 1 atom stereocenters. The van der Waals surface area contributed by atoms with E-state index in [4.69, 9.17) is 14.2 Å². The highest BCUT2D eigenvalue weighted by atomic mass is 79.9. The van der Waals surface area contributed by atoms with Gasteiger partial charge in [-0.05, 0) is 40.5 Å². The zero-order valence-corrected chi connectivity index (χ0v) is 14.2. The number of halogens is 1. The zero-order valence-electron chi connectivity index (χ0n) is 12.6. The predicted molar refractivity (Wildman–Crippen MR) is 87.5 cm³/mol. The van der Waals surface area contributed by atoms with Crippen molar-refractivity contribution in [3.05, 3.63) is 58.1 Å². The quantitative estimate of drug-likeness (QED) is 0.738. The Bertz CT molecular complexity index is 630. The molecule has 0 amide bonds. The lowest BCUT2D eigenvalue weighted by Crippen LogP contribution is -2.10. The topological polar surface area (TPSA) is 44.8 Å². The summed E-state index contributed by atoms with van der Waals surface area (Å²) in [5.74, 6) is 0.595. The third kappa shape index (κ3) is 3.60. The van der Waals surface area contributed by atoms with E-state index in [1.165, 1.54) is 14.2 Å². The van der Waals surface area contributed by atoms with Gasteiger partial charge in [-0.25, -0.2) is 4.79 Å². The van der Waals surface area contributed by atoms with Crippen LogP contribution >= 0.6 is 15.9 Å². The first-order valence-electron chi connectivity index (χ1n) is 6.74. The van der Waals surface area contributed by atoms with Gasteiger partial charge < -0.3 is 14.2 Å². The van der Waals surface area contributed by atoms with Gasteiger partial charge in [-0.1, -0.05) is 30.3 Å². The van der Waals surface area contributed by atoms with E-state index in [1.54, 1.807) is 12.1 Å². The number of methoxy groups -OCH3 is 2. The Morgan fingerprint density at radius 3 is 2.09 bits per heavy atom. The Hall–Kier alpha value is -2.01. The van der Waals surface area contributed by atoms with Crippen LogP contribution in [0.25, 0.3) is 0 Å².